The number of halogens is 1. The molecule has 0 radical (unpaired) electrons. The molecule has 0 atom stereocenters. The monoisotopic (exact) mass is 268 g/mol. The van der Waals surface area contributed by atoms with E-state index in [1.165, 1.54) is 0 Å². The second-order valence-electron chi connectivity index (χ2n) is 6.52. The summed E-state index contributed by atoms with van der Waals surface area (Å²) < 4.78 is 12.8. The lowest BCUT2D eigenvalue weighted by atomic mass is 9.76. The van der Waals surface area contributed by atoms with Crippen molar-refractivity contribution >= 4 is 11.8 Å². The van der Waals surface area contributed by atoms with Crippen molar-refractivity contribution in [2.45, 2.75) is 38.3 Å². The molecule has 2 amide bonds. The molecule has 0 bridgehead atoms. The minimum Gasteiger partial charge on any atom is -0.345 e. The normalized spacial score (nSPS) is 33.7. The number of piperidine rings is 1. The van der Waals surface area contributed by atoms with E-state index in [0.717, 1.165) is 32.5 Å². The zero-order valence-electron chi connectivity index (χ0n) is 11.4. The van der Waals surface area contributed by atoms with Crippen LogP contribution in [0.15, 0.2) is 0 Å². The molecule has 1 spiro atoms. The maximum absolute atomic E-state index is 12.8. The van der Waals surface area contributed by atoms with Crippen LogP contribution in [-0.4, -0.2) is 54.5 Å². The van der Waals surface area contributed by atoms with Gasteiger partial charge in [0.25, 0.3) is 0 Å². The lowest BCUT2D eigenvalue weighted by Crippen LogP contribution is -2.48. The Morgan fingerprint density at radius 1 is 1.32 bits per heavy atom. The zero-order chi connectivity index (χ0) is 13.6. The Morgan fingerprint density at radius 2 is 1.95 bits per heavy atom. The Bertz CT molecular complexity index is 398. The molecule has 0 aromatic rings. The number of amides is 2. The molecule has 3 rings (SSSR count). The van der Waals surface area contributed by atoms with Gasteiger partial charge in [0.05, 0.1) is 0 Å². The number of nitrogens with zero attached hydrogens (tertiary/aromatic N) is 2. The topological polar surface area (TPSA) is 40.6 Å². The molecule has 1 saturated carbocycles. The van der Waals surface area contributed by atoms with Crippen LogP contribution >= 0.6 is 0 Å². The van der Waals surface area contributed by atoms with Crippen molar-refractivity contribution in [1.29, 1.82) is 0 Å². The summed E-state index contributed by atoms with van der Waals surface area (Å²) in [5.74, 6) is 0.261. The molecule has 0 aromatic heterocycles. The average Bonchev–Trinajstić information content (AvgIpc) is 2.61. The second-order valence-corrected chi connectivity index (χ2v) is 6.52. The van der Waals surface area contributed by atoms with Gasteiger partial charge >= 0.3 is 0 Å². The first-order chi connectivity index (χ1) is 8.99. The fourth-order valence-electron chi connectivity index (χ4n) is 3.65. The Morgan fingerprint density at radius 3 is 2.42 bits per heavy atom. The summed E-state index contributed by atoms with van der Waals surface area (Å²) in [6.45, 7) is 2.28. The average molecular weight is 268 g/mol. The summed E-state index contributed by atoms with van der Waals surface area (Å²) in [6.07, 6.45) is 2.47. The van der Waals surface area contributed by atoms with Crippen molar-refractivity contribution in [3.05, 3.63) is 0 Å². The fourth-order valence-corrected chi connectivity index (χ4v) is 3.65. The molecule has 2 saturated heterocycles. The molecule has 3 fully saturated rings. The highest BCUT2D eigenvalue weighted by atomic mass is 19.1. The number of hydrogen-bond donors (Lipinski definition) is 0. The number of carbonyl (C=O) groups excluding carboxylic acids is 2. The van der Waals surface area contributed by atoms with Gasteiger partial charge in [-0.2, -0.15) is 0 Å². The molecule has 2 aliphatic heterocycles. The van der Waals surface area contributed by atoms with Crippen LogP contribution in [0.3, 0.4) is 0 Å². The SMILES string of the molecule is CN1CC2(CCN(C(=O)C3CC(F)C3)CC2)CC1=O. The van der Waals surface area contributed by atoms with Crippen molar-refractivity contribution in [1.82, 2.24) is 9.80 Å². The highest BCUT2D eigenvalue weighted by Crippen LogP contribution is 2.41. The smallest absolute Gasteiger partial charge is 0.225 e. The van der Waals surface area contributed by atoms with Gasteiger partial charge in [0.1, 0.15) is 6.17 Å². The van der Waals surface area contributed by atoms with E-state index in [9.17, 15) is 14.0 Å². The van der Waals surface area contributed by atoms with E-state index >= 15 is 0 Å². The van der Waals surface area contributed by atoms with Gasteiger partial charge in [0, 0.05) is 44.4 Å². The van der Waals surface area contributed by atoms with Gasteiger partial charge in [0.2, 0.25) is 11.8 Å². The molecule has 3 aliphatic rings. The largest absolute Gasteiger partial charge is 0.345 e. The number of alkyl halides is 1. The van der Waals surface area contributed by atoms with E-state index in [1.54, 1.807) is 4.90 Å². The van der Waals surface area contributed by atoms with Gasteiger partial charge in [-0.15, -0.1) is 0 Å². The summed E-state index contributed by atoms with van der Waals surface area (Å²) in [5, 5.41) is 0. The number of likely N-dealkylation sites (tertiary alicyclic amines) is 2. The van der Waals surface area contributed by atoms with Gasteiger partial charge in [-0.05, 0) is 25.7 Å². The fraction of sp³-hybridized carbons (Fsp3) is 0.857. The Hall–Kier alpha value is -1.13. The summed E-state index contributed by atoms with van der Waals surface area (Å²) in [7, 11) is 1.85. The molecular formula is C14H21FN2O2. The quantitative estimate of drug-likeness (QED) is 0.717. The minimum absolute atomic E-state index is 0.0862. The minimum atomic E-state index is -0.772. The van der Waals surface area contributed by atoms with E-state index < -0.39 is 6.17 Å². The van der Waals surface area contributed by atoms with Crippen molar-refractivity contribution in [3.63, 3.8) is 0 Å². The first-order valence-electron chi connectivity index (χ1n) is 7.16. The lowest BCUT2D eigenvalue weighted by Gasteiger charge is -2.41. The summed E-state index contributed by atoms with van der Waals surface area (Å²) in [5.41, 5.74) is 0.0881. The third-order valence-electron chi connectivity index (χ3n) is 5.09. The molecule has 5 heteroatoms. The van der Waals surface area contributed by atoms with Crippen LogP contribution < -0.4 is 0 Å². The maximum atomic E-state index is 12.8. The van der Waals surface area contributed by atoms with Crippen molar-refractivity contribution < 1.29 is 14.0 Å². The van der Waals surface area contributed by atoms with Crippen LogP contribution in [0.1, 0.15) is 32.1 Å². The van der Waals surface area contributed by atoms with Crippen molar-refractivity contribution in [3.8, 4) is 0 Å². The third kappa shape index (κ3) is 2.23. The van der Waals surface area contributed by atoms with Gasteiger partial charge in [-0.1, -0.05) is 0 Å². The van der Waals surface area contributed by atoms with Gasteiger partial charge in [-0.3, -0.25) is 9.59 Å². The Balaban J connectivity index is 1.55. The molecule has 0 aromatic carbocycles. The predicted molar refractivity (Wildman–Crippen MR) is 68.1 cm³/mol. The van der Waals surface area contributed by atoms with Gasteiger partial charge in [0.15, 0.2) is 0 Å². The molecular weight excluding hydrogens is 247 g/mol. The van der Waals surface area contributed by atoms with Crippen LogP contribution in [0.4, 0.5) is 4.39 Å². The van der Waals surface area contributed by atoms with E-state index in [1.807, 2.05) is 11.9 Å². The third-order valence-corrected chi connectivity index (χ3v) is 5.09. The van der Waals surface area contributed by atoms with Crippen molar-refractivity contribution in [2.75, 3.05) is 26.7 Å². The number of hydrogen-bond acceptors (Lipinski definition) is 2. The number of carbonyl (C=O) groups is 2. The molecule has 0 unspecified atom stereocenters. The van der Waals surface area contributed by atoms with Crippen LogP contribution in [0, 0.1) is 11.3 Å². The maximum Gasteiger partial charge on any atom is 0.225 e. The van der Waals surface area contributed by atoms with E-state index in [0.29, 0.717) is 19.3 Å². The molecule has 4 nitrogen and oxygen atoms in total. The number of rotatable bonds is 1. The Labute approximate surface area is 112 Å². The van der Waals surface area contributed by atoms with Crippen LogP contribution in [0.2, 0.25) is 0 Å². The van der Waals surface area contributed by atoms with Crippen LogP contribution in [0.5, 0.6) is 0 Å². The predicted octanol–water partition coefficient (Wildman–Crippen LogP) is 1.21. The van der Waals surface area contributed by atoms with Crippen LogP contribution in [0.25, 0.3) is 0 Å². The summed E-state index contributed by atoms with van der Waals surface area (Å²) in [4.78, 5) is 27.5. The van der Waals surface area contributed by atoms with Gasteiger partial charge in [-0.25, -0.2) is 4.39 Å². The first-order valence-corrected chi connectivity index (χ1v) is 7.16. The zero-order valence-corrected chi connectivity index (χ0v) is 11.4. The first kappa shape index (κ1) is 12.9. The van der Waals surface area contributed by atoms with E-state index in [2.05, 4.69) is 0 Å². The van der Waals surface area contributed by atoms with Crippen molar-refractivity contribution in [2.24, 2.45) is 11.3 Å². The lowest BCUT2D eigenvalue weighted by molar-refractivity contribution is -0.142. The molecule has 106 valence electrons. The highest BCUT2D eigenvalue weighted by Gasteiger charge is 2.45. The van der Waals surface area contributed by atoms with Gasteiger partial charge < -0.3 is 9.80 Å². The van der Waals surface area contributed by atoms with E-state index in [-0.39, 0.29) is 23.1 Å². The molecule has 0 N–H and O–H groups in total. The van der Waals surface area contributed by atoms with E-state index in [4.69, 9.17) is 0 Å². The summed E-state index contributed by atoms with van der Waals surface area (Å²) >= 11 is 0. The summed E-state index contributed by atoms with van der Waals surface area (Å²) in [6, 6.07) is 0. The molecule has 2 heterocycles. The molecule has 1 aliphatic carbocycles. The van der Waals surface area contributed by atoms with Crippen LogP contribution in [-0.2, 0) is 9.59 Å². The Kier molecular flexibility index (Phi) is 3.02. The second kappa shape index (κ2) is 4.46. The molecule has 19 heavy (non-hydrogen) atoms. The highest BCUT2D eigenvalue weighted by molar-refractivity contribution is 5.81. The standard InChI is InChI=1S/C14H21FN2O2/c1-16-9-14(8-12(16)18)2-4-17(5-3-14)13(19)10-6-11(15)7-10/h10-11H,2-9H2,1H3.